The fourth-order valence-corrected chi connectivity index (χ4v) is 2.60. The van der Waals surface area contributed by atoms with Crippen LogP contribution in [0.2, 0.25) is 0 Å². The van der Waals surface area contributed by atoms with Gasteiger partial charge in [0.25, 0.3) is 0 Å². The summed E-state index contributed by atoms with van der Waals surface area (Å²) in [5, 5.41) is 12.3. The topological polar surface area (TPSA) is 97.6 Å². The lowest BCUT2D eigenvalue weighted by Gasteiger charge is -2.08. The van der Waals surface area contributed by atoms with Gasteiger partial charge in [-0.15, -0.1) is 0 Å². The van der Waals surface area contributed by atoms with E-state index in [4.69, 9.17) is 4.74 Å². The van der Waals surface area contributed by atoms with E-state index in [0.29, 0.717) is 36.6 Å². The van der Waals surface area contributed by atoms with Crippen LogP contribution in [0.15, 0.2) is 36.4 Å². The first-order valence-corrected chi connectivity index (χ1v) is 8.52. The van der Waals surface area contributed by atoms with E-state index in [0.717, 1.165) is 24.6 Å². The number of carbonyl (C=O) groups excluding carboxylic acids is 3. The first-order chi connectivity index (χ1) is 13.1. The SMILES string of the molecule is COc1cc(/C=C/C(=O)NCCCCn2c(C=O)ccc2C=O)ccc1O. The molecule has 1 amide bonds. The van der Waals surface area contributed by atoms with Gasteiger partial charge in [-0.2, -0.15) is 0 Å². The van der Waals surface area contributed by atoms with Gasteiger partial charge in [-0.05, 0) is 48.7 Å². The largest absolute Gasteiger partial charge is 0.504 e. The Labute approximate surface area is 157 Å². The van der Waals surface area contributed by atoms with Crippen LogP contribution >= 0.6 is 0 Å². The maximum Gasteiger partial charge on any atom is 0.243 e. The zero-order valence-corrected chi connectivity index (χ0v) is 15.1. The number of nitrogens with zero attached hydrogens (tertiary/aromatic N) is 1. The van der Waals surface area contributed by atoms with Gasteiger partial charge in [-0.3, -0.25) is 14.4 Å². The Morgan fingerprint density at radius 1 is 1.15 bits per heavy atom. The molecule has 7 heteroatoms. The first kappa shape index (κ1) is 20.0. The van der Waals surface area contributed by atoms with Gasteiger partial charge in [0, 0.05) is 19.2 Å². The highest BCUT2D eigenvalue weighted by atomic mass is 16.5. The molecule has 2 rings (SSSR count). The molecule has 1 aromatic carbocycles. The Kier molecular flexibility index (Phi) is 7.37. The number of hydrogen-bond donors (Lipinski definition) is 2. The van der Waals surface area contributed by atoms with E-state index in [1.807, 2.05) is 0 Å². The Morgan fingerprint density at radius 3 is 2.48 bits per heavy atom. The number of aromatic nitrogens is 1. The van der Waals surface area contributed by atoms with E-state index in [-0.39, 0.29) is 11.7 Å². The van der Waals surface area contributed by atoms with Crippen LogP contribution in [0, 0.1) is 0 Å². The molecule has 1 aromatic heterocycles. The zero-order valence-electron chi connectivity index (χ0n) is 15.1. The molecule has 1 heterocycles. The molecule has 0 saturated heterocycles. The van der Waals surface area contributed by atoms with E-state index in [1.54, 1.807) is 34.9 Å². The summed E-state index contributed by atoms with van der Waals surface area (Å²) in [6, 6.07) is 8.03. The molecule has 0 atom stereocenters. The molecule has 0 aliphatic carbocycles. The third-order valence-electron chi connectivity index (χ3n) is 4.03. The van der Waals surface area contributed by atoms with Crippen molar-refractivity contribution >= 4 is 24.6 Å². The Balaban J connectivity index is 1.76. The number of aldehydes is 2. The number of carbonyl (C=O) groups is 3. The zero-order chi connectivity index (χ0) is 19.6. The smallest absolute Gasteiger partial charge is 0.243 e. The molecule has 0 fully saturated rings. The second kappa shape index (κ2) is 9.96. The lowest BCUT2D eigenvalue weighted by Crippen LogP contribution is -2.22. The number of methoxy groups -OCH3 is 1. The van der Waals surface area contributed by atoms with Crippen molar-refractivity contribution in [3.8, 4) is 11.5 Å². The normalized spacial score (nSPS) is 10.7. The number of benzene rings is 1. The third-order valence-corrected chi connectivity index (χ3v) is 4.03. The molecule has 0 spiro atoms. The van der Waals surface area contributed by atoms with Crippen LogP contribution in [0.4, 0.5) is 0 Å². The fraction of sp³-hybridized carbons (Fsp3) is 0.250. The van der Waals surface area contributed by atoms with Crippen molar-refractivity contribution in [3.05, 3.63) is 53.4 Å². The summed E-state index contributed by atoms with van der Waals surface area (Å²) < 4.78 is 6.68. The van der Waals surface area contributed by atoms with E-state index in [9.17, 15) is 19.5 Å². The van der Waals surface area contributed by atoms with E-state index < -0.39 is 0 Å². The van der Waals surface area contributed by atoms with Crippen LogP contribution in [-0.4, -0.2) is 41.8 Å². The summed E-state index contributed by atoms with van der Waals surface area (Å²) in [6.07, 6.45) is 5.91. The molecule has 142 valence electrons. The van der Waals surface area contributed by atoms with Crippen LogP contribution in [0.5, 0.6) is 11.5 Å². The average molecular weight is 370 g/mol. The van der Waals surface area contributed by atoms with Gasteiger partial charge in [0.2, 0.25) is 5.91 Å². The van der Waals surface area contributed by atoms with Gasteiger partial charge >= 0.3 is 0 Å². The summed E-state index contributed by atoms with van der Waals surface area (Å²) in [5.41, 5.74) is 1.66. The summed E-state index contributed by atoms with van der Waals surface area (Å²) in [4.78, 5) is 33.8. The van der Waals surface area contributed by atoms with Crippen molar-refractivity contribution in [2.75, 3.05) is 13.7 Å². The lowest BCUT2D eigenvalue weighted by molar-refractivity contribution is -0.116. The minimum atomic E-state index is -0.231. The molecule has 0 saturated carbocycles. The van der Waals surface area contributed by atoms with Crippen LogP contribution in [-0.2, 0) is 11.3 Å². The molecule has 0 bridgehead atoms. The van der Waals surface area contributed by atoms with E-state index in [2.05, 4.69) is 5.32 Å². The van der Waals surface area contributed by atoms with Crippen LogP contribution in [0.25, 0.3) is 6.08 Å². The summed E-state index contributed by atoms with van der Waals surface area (Å²) in [6.45, 7) is 1.02. The maximum atomic E-state index is 11.9. The summed E-state index contributed by atoms with van der Waals surface area (Å²) in [5.74, 6) is 0.148. The number of aromatic hydroxyl groups is 1. The third kappa shape index (κ3) is 5.57. The number of phenols is 1. The van der Waals surface area contributed by atoms with Gasteiger partial charge < -0.3 is 19.7 Å². The quantitative estimate of drug-likeness (QED) is 0.380. The highest BCUT2D eigenvalue weighted by Gasteiger charge is 2.06. The van der Waals surface area contributed by atoms with Crippen molar-refractivity contribution in [2.45, 2.75) is 19.4 Å². The Morgan fingerprint density at radius 2 is 1.85 bits per heavy atom. The molecule has 2 aromatic rings. The van der Waals surface area contributed by atoms with Crippen molar-refractivity contribution < 1.29 is 24.2 Å². The van der Waals surface area contributed by atoms with Gasteiger partial charge in [-0.25, -0.2) is 0 Å². The number of unbranched alkanes of at least 4 members (excludes halogenated alkanes) is 1. The second-order valence-electron chi connectivity index (χ2n) is 5.83. The number of rotatable bonds is 10. The van der Waals surface area contributed by atoms with E-state index >= 15 is 0 Å². The molecule has 0 aliphatic rings. The minimum absolute atomic E-state index is 0.0391. The van der Waals surface area contributed by atoms with Crippen LogP contribution in [0.1, 0.15) is 39.4 Å². The standard InChI is InChI=1S/C20H22N2O5/c1-27-19-12-15(4-8-18(19)25)5-9-20(26)21-10-2-3-11-22-16(13-23)6-7-17(22)14-24/h4-9,12-14,25H,2-3,10-11H2,1H3,(H,21,26)/b9-5+. The predicted molar refractivity (Wildman–Crippen MR) is 101 cm³/mol. The second-order valence-corrected chi connectivity index (χ2v) is 5.83. The fourth-order valence-electron chi connectivity index (χ4n) is 2.60. The summed E-state index contributed by atoms with van der Waals surface area (Å²) in [7, 11) is 1.46. The van der Waals surface area contributed by atoms with Gasteiger partial charge in [-0.1, -0.05) is 6.07 Å². The molecule has 0 unspecified atom stereocenters. The lowest BCUT2D eigenvalue weighted by atomic mass is 10.2. The average Bonchev–Trinajstić information content (AvgIpc) is 3.09. The van der Waals surface area contributed by atoms with Gasteiger partial charge in [0.15, 0.2) is 24.1 Å². The minimum Gasteiger partial charge on any atom is -0.504 e. The highest BCUT2D eigenvalue weighted by Crippen LogP contribution is 2.26. The molecular formula is C20H22N2O5. The van der Waals surface area contributed by atoms with Crippen molar-refractivity contribution in [2.24, 2.45) is 0 Å². The summed E-state index contributed by atoms with van der Waals surface area (Å²) >= 11 is 0. The molecule has 7 nitrogen and oxygen atoms in total. The Bertz CT molecular complexity index is 813. The van der Waals surface area contributed by atoms with Crippen molar-refractivity contribution in [1.82, 2.24) is 9.88 Å². The van der Waals surface area contributed by atoms with Crippen molar-refractivity contribution in [3.63, 3.8) is 0 Å². The highest BCUT2D eigenvalue weighted by molar-refractivity contribution is 5.91. The number of hydrogen-bond acceptors (Lipinski definition) is 5. The number of amides is 1. The molecular weight excluding hydrogens is 348 g/mol. The van der Waals surface area contributed by atoms with Gasteiger partial charge in [0.05, 0.1) is 18.5 Å². The molecule has 27 heavy (non-hydrogen) atoms. The van der Waals surface area contributed by atoms with Crippen LogP contribution < -0.4 is 10.1 Å². The molecule has 2 N–H and O–H groups in total. The molecule has 0 radical (unpaired) electrons. The molecule has 0 aliphatic heterocycles. The van der Waals surface area contributed by atoms with Crippen LogP contribution in [0.3, 0.4) is 0 Å². The number of phenolic OH excluding ortho intramolecular Hbond substituents is 1. The predicted octanol–water partition coefficient (Wildman–Crippen LogP) is 2.44. The van der Waals surface area contributed by atoms with E-state index in [1.165, 1.54) is 19.3 Å². The maximum absolute atomic E-state index is 11.9. The van der Waals surface area contributed by atoms with Crippen molar-refractivity contribution in [1.29, 1.82) is 0 Å². The number of ether oxygens (including phenoxy) is 1. The number of nitrogens with one attached hydrogen (secondary N) is 1. The first-order valence-electron chi connectivity index (χ1n) is 8.52. The van der Waals surface area contributed by atoms with Gasteiger partial charge in [0.1, 0.15) is 0 Å². The monoisotopic (exact) mass is 370 g/mol. The Hall–Kier alpha value is -3.35.